The molecule has 0 aliphatic rings. The lowest BCUT2D eigenvalue weighted by molar-refractivity contribution is -0.908. The van der Waals surface area contributed by atoms with Crippen molar-refractivity contribution in [2.24, 2.45) is 0 Å². The third-order valence-electron chi connectivity index (χ3n) is 4.24. The zero-order valence-electron chi connectivity index (χ0n) is 15.2. The molecule has 0 aliphatic carbocycles. The molecule has 6 heteroatoms. The summed E-state index contributed by atoms with van der Waals surface area (Å²) in [5.41, 5.74) is 1.88. The summed E-state index contributed by atoms with van der Waals surface area (Å²) < 4.78 is 0. The normalized spacial score (nSPS) is 13.1. The highest BCUT2D eigenvalue weighted by molar-refractivity contribution is 7.09. The van der Waals surface area contributed by atoms with Crippen LogP contribution < -0.4 is 10.2 Å². The number of anilines is 1. The van der Waals surface area contributed by atoms with Crippen molar-refractivity contribution in [3.8, 4) is 0 Å². The van der Waals surface area contributed by atoms with E-state index in [1.807, 2.05) is 56.6 Å². The quantitative estimate of drug-likeness (QED) is 0.787. The first-order valence-corrected chi connectivity index (χ1v) is 9.21. The summed E-state index contributed by atoms with van der Waals surface area (Å²) in [6.45, 7) is 4.74. The maximum atomic E-state index is 12.6. The molecule has 0 fully saturated rings. The van der Waals surface area contributed by atoms with Crippen LogP contribution in [0.2, 0.25) is 0 Å². The summed E-state index contributed by atoms with van der Waals surface area (Å²) in [7, 11) is 3.68. The molecule has 2 aromatic rings. The Morgan fingerprint density at radius 2 is 1.92 bits per heavy atom. The molecule has 1 aromatic carbocycles. The number of carbonyl (C=O) groups is 2. The second-order valence-corrected chi connectivity index (χ2v) is 7.46. The fraction of sp³-hybridized carbons (Fsp3) is 0.368. The second-order valence-electron chi connectivity index (χ2n) is 6.43. The van der Waals surface area contributed by atoms with Crippen molar-refractivity contribution in [1.82, 2.24) is 4.90 Å². The highest BCUT2D eigenvalue weighted by atomic mass is 32.1. The average Bonchev–Trinajstić information content (AvgIpc) is 3.08. The van der Waals surface area contributed by atoms with E-state index in [2.05, 4.69) is 11.4 Å². The Bertz CT molecular complexity index is 698. The largest absolute Gasteiger partial charge is 0.331 e. The molecule has 2 amide bonds. The summed E-state index contributed by atoms with van der Waals surface area (Å²) >= 11 is 1.69. The van der Waals surface area contributed by atoms with Gasteiger partial charge in [-0.2, -0.15) is 0 Å². The number of hydrogen-bond donors (Lipinski definition) is 2. The number of rotatable bonds is 7. The van der Waals surface area contributed by atoms with Crippen LogP contribution >= 0.6 is 11.3 Å². The molecule has 0 saturated carbocycles. The Hall–Kier alpha value is -2.18. The number of likely N-dealkylation sites (N-methyl/N-ethyl adjacent to an activating group) is 2. The van der Waals surface area contributed by atoms with E-state index in [4.69, 9.17) is 0 Å². The van der Waals surface area contributed by atoms with Gasteiger partial charge in [0.15, 0.2) is 6.04 Å². The zero-order valence-corrected chi connectivity index (χ0v) is 16.0. The van der Waals surface area contributed by atoms with Crippen LogP contribution in [0.25, 0.3) is 0 Å². The number of quaternary nitrogens is 1. The van der Waals surface area contributed by atoms with Gasteiger partial charge < -0.3 is 15.1 Å². The van der Waals surface area contributed by atoms with Crippen LogP contribution in [0.4, 0.5) is 5.69 Å². The molecule has 0 radical (unpaired) electrons. The maximum absolute atomic E-state index is 12.6. The van der Waals surface area contributed by atoms with Gasteiger partial charge in [-0.3, -0.25) is 9.59 Å². The van der Waals surface area contributed by atoms with E-state index in [-0.39, 0.29) is 24.4 Å². The third-order valence-corrected chi connectivity index (χ3v) is 5.11. The van der Waals surface area contributed by atoms with E-state index in [1.54, 1.807) is 18.4 Å². The molecule has 0 aliphatic heterocycles. The van der Waals surface area contributed by atoms with Crippen molar-refractivity contribution < 1.29 is 14.5 Å². The Morgan fingerprint density at radius 3 is 2.52 bits per heavy atom. The number of nitrogens with zero attached hydrogens (tertiary/aromatic N) is 1. The number of aryl methyl sites for hydroxylation is 1. The SMILES string of the molecule is Cc1ccc(NC(=O)CN(C)C(=O)[C@H](C)[NH+](C)Cc2cccs2)cc1. The van der Waals surface area contributed by atoms with Crippen LogP contribution in [0.1, 0.15) is 17.4 Å². The monoisotopic (exact) mass is 360 g/mol. The van der Waals surface area contributed by atoms with Crippen LogP contribution in [0.5, 0.6) is 0 Å². The Kier molecular flexibility index (Phi) is 6.73. The lowest BCUT2D eigenvalue weighted by Gasteiger charge is -2.25. The summed E-state index contributed by atoms with van der Waals surface area (Å²) in [5, 5.41) is 4.86. The predicted molar refractivity (Wildman–Crippen MR) is 102 cm³/mol. The van der Waals surface area contributed by atoms with Crippen molar-refractivity contribution in [3.05, 3.63) is 52.2 Å². The van der Waals surface area contributed by atoms with Crippen molar-refractivity contribution in [2.45, 2.75) is 26.4 Å². The highest BCUT2D eigenvalue weighted by Gasteiger charge is 2.26. The lowest BCUT2D eigenvalue weighted by Crippen LogP contribution is -3.12. The molecule has 25 heavy (non-hydrogen) atoms. The number of thiophene rings is 1. The molecular formula is C19H26N3O2S+. The number of nitrogens with one attached hydrogen (secondary N) is 2. The van der Waals surface area contributed by atoms with Crippen LogP contribution in [-0.4, -0.2) is 43.4 Å². The molecule has 0 bridgehead atoms. The Labute approximate surface area is 153 Å². The van der Waals surface area contributed by atoms with E-state index in [0.717, 1.165) is 22.7 Å². The molecule has 2 rings (SSSR count). The van der Waals surface area contributed by atoms with Gasteiger partial charge in [0, 0.05) is 12.7 Å². The zero-order chi connectivity index (χ0) is 18.4. The van der Waals surface area contributed by atoms with E-state index in [1.165, 1.54) is 9.78 Å². The minimum atomic E-state index is -0.209. The van der Waals surface area contributed by atoms with Crippen LogP contribution in [0.15, 0.2) is 41.8 Å². The number of hydrogen-bond acceptors (Lipinski definition) is 3. The molecule has 1 unspecified atom stereocenters. The van der Waals surface area contributed by atoms with E-state index in [0.29, 0.717) is 0 Å². The first kappa shape index (κ1) is 19.1. The summed E-state index contributed by atoms with van der Waals surface area (Å²) in [4.78, 5) is 28.6. The molecular weight excluding hydrogens is 334 g/mol. The van der Waals surface area contributed by atoms with Gasteiger partial charge in [-0.1, -0.05) is 23.8 Å². The molecule has 5 nitrogen and oxygen atoms in total. The summed E-state index contributed by atoms with van der Waals surface area (Å²) in [6.07, 6.45) is 0. The second kappa shape index (κ2) is 8.78. The van der Waals surface area contributed by atoms with E-state index in [9.17, 15) is 9.59 Å². The van der Waals surface area contributed by atoms with Crippen molar-refractivity contribution in [2.75, 3.05) is 26.0 Å². The van der Waals surface area contributed by atoms with Crippen LogP contribution in [0, 0.1) is 6.92 Å². The first-order valence-electron chi connectivity index (χ1n) is 8.33. The first-order chi connectivity index (χ1) is 11.9. The van der Waals surface area contributed by atoms with Crippen molar-refractivity contribution >= 4 is 28.8 Å². The van der Waals surface area contributed by atoms with Gasteiger partial charge in [0.25, 0.3) is 5.91 Å². The topological polar surface area (TPSA) is 53.9 Å². The van der Waals surface area contributed by atoms with Crippen LogP contribution in [-0.2, 0) is 16.1 Å². The molecule has 134 valence electrons. The van der Waals surface area contributed by atoms with Gasteiger partial charge in [-0.05, 0) is 37.4 Å². The van der Waals surface area contributed by atoms with Gasteiger partial charge in [-0.15, -0.1) is 11.3 Å². The van der Waals surface area contributed by atoms with Gasteiger partial charge in [0.1, 0.15) is 6.54 Å². The molecule has 0 saturated heterocycles. The summed E-state index contributed by atoms with van der Waals surface area (Å²) in [5.74, 6) is -0.226. The smallest absolute Gasteiger partial charge is 0.280 e. The van der Waals surface area contributed by atoms with Gasteiger partial charge in [0.05, 0.1) is 18.5 Å². The Morgan fingerprint density at radius 1 is 1.24 bits per heavy atom. The fourth-order valence-corrected chi connectivity index (χ4v) is 3.31. The number of benzene rings is 1. The lowest BCUT2D eigenvalue weighted by atomic mass is 10.2. The number of carbonyl (C=O) groups excluding carboxylic acids is 2. The molecule has 0 spiro atoms. The highest BCUT2D eigenvalue weighted by Crippen LogP contribution is 2.09. The van der Waals surface area contributed by atoms with Gasteiger partial charge in [0.2, 0.25) is 5.91 Å². The van der Waals surface area contributed by atoms with Crippen molar-refractivity contribution in [3.63, 3.8) is 0 Å². The fourth-order valence-electron chi connectivity index (χ4n) is 2.51. The van der Waals surface area contributed by atoms with Crippen LogP contribution in [0.3, 0.4) is 0 Å². The van der Waals surface area contributed by atoms with Gasteiger partial charge >= 0.3 is 0 Å². The molecule has 2 N–H and O–H groups in total. The van der Waals surface area contributed by atoms with Crippen molar-refractivity contribution in [1.29, 1.82) is 0 Å². The Balaban J connectivity index is 1.85. The minimum absolute atomic E-state index is 0.0342. The molecule has 2 atom stereocenters. The van der Waals surface area contributed by atoms with Gasteiger partial charge in [-0.25, -0.2) is 0 Å². The molecule has 1 aromatic heterocycles. The maximum Gasteiger partial charge on any atom is 0.280 e. The minimum Gasteiger partial charge on any atom is -0.331 e. The standard InChI is InChI=1S/C19H25N3O2S/c1-14-7-9-16(10-8-14)20-18(23)13-22(4)19(24)15(2)21(3)12-17-6-5-11-25-17/h5-11,15H,12-13H2,1-4H3,(H,20,23)/p+1/t15-/m0/s1. The summed E-state index contributed by atoms with van der Waals surface area (Å²) in [6, 6.07) is 11.5. The van der Waals surface area contributed by atoms with E-state index < -0.39 is 0 Å². The number of amides is 2. The average molecular weight is 361 g/mol. The predicted octanol–water partition coefficient (Wildman–Crippen LogP) is 1.56. The third kappa shape index (κ3) is 5.69. The van der Waals surface area contributed by atoms with E-state index >= 15 is 0 Å². The molecule has 1 heterocycles.